The normalized spacial score (nSPS) is 13.2. The minimum atomic E-state index is -0.793. The van der Waals surface area contributed by atoms with Gasteiger partial charge in [0, 0.05) is 15.6 Å². The Hall–Kier alpha value is -3.27. The van der Waals surface area contributed by atoms with Crippen molar-refractivity contribution < 1.29 is 28.5 Å². The summed E-state index contributed by atoms with van der Waals surface area (Å²) < 4.78 is 21.8. The second kappa shape index (κ2) is 10.4. The van der Waals surface area contributed by atoms with Crippen LogP contribution in [0.15, 0.2) is 39.9 Å². The third-order valence-electron chi connectivity index (χ3n) is 4.75. The van der Waals surface area contributed by atoms with Crippen molar-refractivity contribution >= 4 is 34.0 Å². The SMILES string of the molecule is COc1cc(Br)c(C=NNC(=O)C(NC(=O)c2ccc3c(c2)OCO3)C(C)C)cc1OC. The fourth-order valence-corrected chi connectivity index (χ4v) is 3.43. The Morgan fingerprint density at radius 3 is 2.47 bits per heavy atom. The maximum atomic E-state index is 12.7. The molecule has 0 fully saturated rings. The average molecular weight is 506 g/mol. The highest BCUT2D eigenvalue weighted by molar-refractivity contribution is 9.10. The summed E-state index contributed by atoms with van der Waals surface area (Å²) in [6.45, 7) is 3.78. The molecule has 2 amide bonds. The van der Waals surface area contributed by atoms with E-state index in [9.17, 15) is 9.59 Å². The van der Waals surface area contributed by atoms with Crippen LogP contribution in [0.2, 0.25) is 0 Å². The zero-order chi connectivity index (χ0) is 23.3. The van der Waals surface area contributed by atoms with Crippen molar-refractivity contribution in [3.63, 3.8) is 0 Å². The van der Waals surface area contributed by atoms with E-state index in [2.05, 4.69) is 31.8 Å². The topological polar surface area (TPSA) is 107 Å². The fraction of sp³-hybridized carbons (Fsp3) is 0.318. The average Bonchev–Trinajstić information content (AvgIpc) is 3.25. The highest BCUT2D eigenvalue weighted by Crippen LogP contribution is 2.33. The van der Waals surface area contributed by atoms with Gasteiger partial charge in [0.15, 0.2) is 23.0 Å². The molecule has 0 bridgehead atoms. The standard InChI is InChI=1S/C22H24BrN3O6/c1-12(2)20(25-21(27)13-5-6-16-19(7-13)32-11-31-16)22(28)26-24-10-14-8-17(29-3)18(30-4)9-15(14)23/h5-10,12,20H,11H2,1-4H3,(H,25,27)(H,26,28). The van der Waals surface area contributed by atoms with Crippen LogP contribution >= 0.6 is 15.9 Å². The summed E-state index contributed by atoms with van der Waals surface area (Å²) in [6, 6.07) is 7.53. The first-order valence-electron chi connectivity index (χ1n) is 9.79. The Labute approximate surface area is 194 Å². The molecule has 0 saturated heterocycles. The maximum absolute atomic E-state index is 12.7. The van der Waals surface area contributed by atoms with Crippen molar-refractivity contribution in [2.45, 2.75) is 19.9 Å². The number of rotatable bonds is 8. The zero-order valence-corrected chi connectivity index (χ0v) is 19.7. The van der Waals surface area contributed by atoms with Gasteiger partial charge in [-0.3, -0.25) is 9.59 Å². The van der Waals surface area contributed by atoms with Gasteiger partial charge in [0.2, 0.25) is 6.79 Å². The van der Waals surface area contributed by atoms with Gasteiger partial charge in [-0.05, 0) is 52.2 Å². The van der Waals surface area contributed by atoms with Crippen LogP contribution in [0.25, 0.3) is 0 Å². The van der Waals surface area contributed by atoms with Gasteiger partial charge in [-0.2, -0.15) is 5.10 Å². The number of fused-ring (bicyclic) bond motifs is 1. The highest BCUT2D eigenvalue weighted by Gasteiger charge is 2.25. The monoisotopic (exact) mass is 505 g/mol. The maximum Gasteiger partial charge on any atom is 0.262 e. The van der Waals surface area contributed by atoms with Crippen molar-refractivity contribution in [3.8, 4) is 23.0 Å². The van der Waals surface area contributed by atoms with E-state index >= 15 is 0 Å². The third kappa shape index (κ3) is 5.31. The second-order valence-corrected chi connectivity index (χ2v) is 8.08. The molecule has 2 N–H and O–H groups in total. The molecular formula is C22H24BrN3O6. The van der Waals surface area contributed by atoms with Crippen molar-refractivity contribution in [2.75, 3.05) is 21.0 Å². The van der Waals surface area contributed by atoms with E-state index in [0.29, 0.717) is 38.6 Å². The number of hydrazone groups is 1. The van der Waals surface area contributed by atoms with E-state index in [1.807, 2.05) is 13.8 Å². The molecule has 0 saturated carbocycles. The van der Waals surface area contributed by atoms with Crippen molar-refractivity contribution in [2.24, 2.45) is 11.0 Å². The van der Waals surface area contributed by atoms with Gasteiger partial charge in [0.25, 0.3) is 11.8 Å². The Morgan fingerprint density at radius 1 is 1.09 bits per heavy atom. The van der Waals surface area contributed by atoms with Crippen molar-refractivity contribution in [1.82, 2.24) is 10.7 Å². The summed E-state index contributed by atoms with van der Waals surface area (Å²) in [4.78, 5) is 25.4. The lowest BCUT2D eigenvalue weighted by molar-refractivity contribution is -0.123. The molecular weight excluding hydrogens is 482 g/mol. The number of carbonyl (C=O) groups excluding carboxylic acids is 2. The van der Waals surface area contributed by atoms with Gasteiger partial charge in [-0.15, -0.1) is 0 Å². The Kier molecular flexibility index (Phi) is 7.57. The molecule has 1 unspecified atom stereocenters. The zero-order valence-electron chi connectivity index (χ0n) is 18.1. The van der Waals surface area contributed by atoms with E-state index < -0.39 is 17.9 Å². The lowest BCUT2D eigenvalue weighted by atomic mass is 10.0. The Bertz CT molecular complexity index is 1040. The predicted octanol–water partition coefficient (Wildman–Crippen LogP) is 3.10. The summed E-state index contributed by atoms with van der Waals surface area (Å²) in [5, 5.41) is 6.78. The number of ether oxygens (including phenoxy) is 4. The summed E-state index contributed by atoms with van der Waals surface area (Å²) >= 11 is 3.43. The number of nitrogens with one attached hydrogen (secondary N) is 2. The molecule has 1 heterocycles. The molecule has 0 radical (unpaired) electrons. The number of methoxy groups -OCH3 is 2. The molecule has 1 aliphatic heterocycles. The second-order valence-electron chi connectivity index (χ2n) is 7.23. The first kappa shape index (κ1) is 23.4. The number of hydrogen-bond acceptors (Lipinski definition) is 7. The minimum absolute atomic E-state index is 0.117. The summed E-state index contributed by atoms with van der Waals surface area (Å²) in [5.74, 6) is 1.15. The van der Waals surface area contributed by atoms with Crippen LogP contribution in [-0.4, -0.2) is 45.1 Å². The smallest absolute Gasteiger partial charge is 0.262 e. The molecule has 0 aliphatic carbocycles. The van der Waals surface area contributed by atoms with E-state index in [0.717, 1.165) is 0 Å². The van der Waals surface area contributed by atoms with Crippen LogP contribution in [0, 0.1) is 5.92 Å². The van der Waals surface area contributed by atoms with Crippen LogP contribution in [0.5, 0.6) is 23.0 Å². The van der Waals surface area contributed by atoms with Gasteiger partial charge >= 0.3 is 0 Å². The Balaban J connectivity index is 1.67. The molecule has 0 aromatic heterocycles. The van der Waals surface area contributed by atoms with Crippen molar-refractivity contribution in [1.29, 1.82) is 0 Å². The van der Waals surface area contributed by atoms with Crippen LogP contribution in [0.3, 0.4) is 0 Å². The van der Waals surface area contributed by atoms with Gasteiger partial charge in [-0.1, -0.05) is 13.8 Å². The van der Waals surface area contributed by atoms with E-state index in [1.165, 1.54) is 13.3 Å². The molecule has 3 rings (SSSR count). The molecule has 10 heteroatoms. The number of benzene rings is 2. The summed E-state index contributed by atoms with van der Waals surface area (Å²) in [6.07, 6.45) is 1.47. The molecule has 2 aromatic rings. The molecule has 1 atom stereocenters. The number of carbonyl (C=O) groups is 2. The highest BCUT2D eigenvalue weighted by atomic mass is 79.9. The summed E-state index contributed by atoms with van der Waals surface area (Å²) in [5.41, 5.74) is 3.52. The molecule has 9 nitrogen and oxygen atoms in total. The van der Waals surface area contributed by atoms with E-state index in [1.54, 1.807) is 37.4 Å². The number of hydrogen-bond donors (Lipinski definition) is 2. The first-order valence-corrected chi connectivity index (χ1v) is 10.6. The van der Waals surface area contributed by atoms with Crippen molar-refractivity contribution in [3.05, 3.63) is 45.9 Å². The largest absolute Gasteiger partial charge is 0.493 e. The molecule has 1 aliphatic rings. The van der Waals surface area contributed by atoms with E-state index in [-0.39, 0.29) is 12.7 Å². The van der Waals surface area contributed by atoms with Crippen LogP contribution in [0.1, 0.15) is 29.8 Å². The molecule has 2 aromatic carbocycles. The quantitative estimate of drug-likeness (QED) is 0.421. The number of halogens is 1. The van der Waals surface area contributed by atoms with Crippen LogP contribution < -0.4 is 29.7 Å². The van der Waals surface area contributed by atoms with Gasteiger partial charge < -0.3 is 24.3 Å². The molecule has 32 heavy (non-hydrogen) atoms. The van der Waals surface area contributed by atoms with Gasteiger partial charge in [0.1, 0.15) is 6.04 Å². The lowest BCUT2D eigenvalue weighted by Gasteiger charge is -2.20. The van der Waals surface area contributed by atoms with Gasteiger partial charge in [-0.25, -0.2) is 5.43 Å². The Morgan fingerprint density at radius 2 is 1.78 bits per heavy atom. The molecule has 0 spiro atoms. The molecule has 170 valence electrons. The van der Waals surface area contributed by atoms with Crippen LogP contribution in [-0.2, 0) is 4.79 Å². The van der Waals surface area contributed by atoms with Gasteiger partial charge in [0.05, 0.1) is 20.4 Å². The summed E-state index contributed by atoms with van der Waals surface area (Å²) in [7, 11) is 3.08. The third-order valence-corrected chi connectivity index (χ3v) is 5.44. The van der Waals surface area contributed by atoms with Crippen LogP contribution in [0.4, 0.5) is 0 Å². The van der Waals surface area contributed by atoms with E-state index in [4.69, 9.17) is 18.9 Å². The lowest BCUT2D eigenvalue weighted by Crippen LogP contribution is -2.48. The first-order chi connectivity index (χ1) is 15.3. The predicted molar refractivity (Wildman–Crippen MR) is 122 cm³/mol. The number of amides is 2. The minimum Gasteiger partial charge on any atom is -0.493 e. The fourth-order valence-electron chi connectivity index (χ4n) is 3.00. The number of nitrogens with zero attached hydrogens (tertiary/aromatic N) is 1.